The molecular formula is C16H18Cl3N3Os. The number of nitrogens with two attached hydrogens (primary N) is 1. The van der Waals surface area contributed by atoms with E-state index in [1.165, 1.54) is 33.0 Å². The maximum Gasteiger partial charge on any atom is 4.00 e. The van der Waals surface area contributed by atoms with Crippen molar-refractivity contribution in [1.29, 1.82) is 0 Å². The standard InChI is InChI=1S/C16H16N2.3ClH.H2N.Os/c1-9-7-17-15-13(11(9)3)5-6-14-12(4)10(2)8-18-16(14)15;;;;;/h5-8H,1-4H3;3*1H;1H2;/q;;;;-1;+4/p-3. The van der Waals surface area contributed by atoms with Gasteiger partial charge in [0.2, 0.25) is 0 Å². The van der Waals surface area contributed by atoms with Crippen LogP contribution in [0.2, 0.25) is 0 Å². The van der Waals surface area contributed by atoms with Crippen molar-refractivity contribution in [2.24, 2.45) is 0 Å². The molecule has 3 nitrogen and oxygen atoms in total. The van der Waals surface area contributed by atoms with E-state index in [4.69, 9.17) is 0 Å². The molecule has 0 atom stereocenters. The van der Waals surface area contributed by atoms with Crippen LogP contribution in [0.25, 0.3) is 28.0 Å². The molecule has 23 heavy (non-hydrogen) atoms. The van der Waals surface area contributed by atoms with Crippen molar-refractivity contribution in [3.8, 4) is 0 Å². The van der Waals surface area contributed by atoms with Crippen LogP contribution in [0.1, 0.15) is 22.3 Å². The fourth-order valence-corrected chi connectivity index (χ4v) is 2.39. The van der Waals surface area contributed by atoms with Gasteiger partial charge in [0.05, 0.1) is 11.0 Å². The van der Waals surface area contributed by atoms with Crippen LogP contribution >= 0.6 is 0 Å². The summed E-state index contributed by atoms with van der Waals surface area (Å²) in [7, 11) is 0. The Morgan fingerprint density at radius 1 is 0.652 bits per heavy atom. The number of fused-ring (bicyclic) bond motifs is 3. The number of benzene rings is 1. The SMILES string of the molecule is Cc1cnc2c(ccc3c(C)c(C)cnc32)c1C.[Cl-].[Cl-].[Cl-].[NH2-].[Os+4]. The van der Waals surface area contributed by atoms with Crippen LogP contribution in [0.15, 0.2) is 24.5 Å². The molecule has 0 aliphatic carbocycles. The molecule has 0 saturated carbocycles. The van der Waals surface area contributed by atoms with Crippen LogP contribution in [0.3, 0.4) is 0 Å². The van der Waals surface area contributed by atoms with Crippen molar-refractivity contribution in [3.63, 3.8) is 0 Å². The third kappa shape index (κ3) is 4.53. The third-order valence-electron chi connectivity index (χ3n) is 3.92. The Bertz CT molecular complexity index is 728. The molecule has 2 N–H and O–H groups in total. The topological polar surface area (TPSA) is 59.3 Å². The second kappa shape index (κ2) is 10.4. The number of pyridine rings is 2. The molecular weight excluding hydrogens is 531 g/mol. The first-order valence-corrected chi connectivity index (χ1v) is 6.20. The van der Waals surface area contributed by atoms with Gasteiger partial charge in [0.25, 0.3) is 0 Å². The molecule has 3 aromatic rings. The van der Waals surface area contributed by atoms with Crippen molar-refractivity contribution in [2.45, 2.75) is 27.7 Å². The van der Waals surface area contributed by atoms with Gasteiger partial charge in [-0.2, -0.15) is 0 Å². The van der Waals surface area contributed by atoms with E-state index in [0.29, 0.717) is 0 Å². The first-order valence-electron chi connectivity index (χ1n) is 6.20. The Morgan fingerprint density at radius 2 is 0.957 bits per heavy atom. The summed E-state index contributed by atoms with van der Waals surface area (Å²) < 4.78 is 0. The fraction of sp³-hybridized carbons (Fsp3) is 0.250. The number of hydrogen-bond donors (Lipinski definition) is 0. The van der Waals surface area contributed by atoms with Gasteiger partial charge in [0, 0.05) is 23.2 Å². The van der Waals surface area contributed by atoms with E-state index >= 15 is 0 Å². The fourth-order valence-electron chi connectivity index (χ4n) is 2.39. The molecule has 0 unspecified atom stereocenters. The van der Waals surface area contributed by atoms with Crippen molar-refractivity contribution in [1.82, 2.24) is 9.97 Å². The minimum Gasteiger partial charge on any atom is -1.00 e. The minimum atomic E-state index is 0. The Hall–Kier alpha value is -0.494. The molecule has 0 saturated heterocycles. The largest absolute Gasteiger partial charge is 4.00 e. The molecule has 7 heteroatoms. The summed E-state index contributed by atoms with van der Waals surface area (Å²) in [5.41, 5.74) is 7.07. The second-order valence-electron chi connectivity index (χ2n) is 4.99. The summed E-state index contributed by atoms with van der Waals surface area (Å²) in [6.07, 6.45) is 3.88. The Morgan fingerprint density at radius 3 is 1.26 bits per heavy atom. The predicted octanol–water partition coefficient (Wildman–Crippen LogP) is -4.26. The normalized spacial score (nSPS) is 8.87. The van der Waals surface area contributed by atoms with Crippen molar-refractivity contribution < 1.29 is 57.0 Å². The molecule has 3 rings (SSSR count). The Balaban J connectivity index is -0.000000800. The molecule has 0 spiro atoms. The van der Waals surface area contributed by atoms with Gasteiger partial charge in [-0.25, -0.2) is 0 Å². The number of hydrogen-bond acceptors (Lipinski definition) is 2. The van der Waals surface area contributed by atoms with Crippen LogP contribution < -0.4 is 37.2 Å². The van der Waals surface area contributed by atoms with Gasteiger partial charge in [0.15, 0.2) is 0 Å². The van der Waals surface area contributed by atoms with E-state index in [1.807, 2.05) is 12.4 Å². The summed E-state index contributed by atoms with van der Waals surface area (Å²) >= 11 is 0. The number of halogens is 3. The Labute approximate surface area is 168 Å². The summed E-state index contributed by atoms with van der Waals surface area (Å²) in [5, 5.41) is 2.41. The summed E-state index contributed by atoms with van der Waals surface area (Å²) in [4.78, 5) is 9.16. The third-order valence-corrected chi connectivity index (χ3v) is 3.92. The van der Waals surface area contributed by atoms with Gasteiger partial charge < -0.3 is 43.4 Å². The molecule has 1 aromatic carbocycles. The van der Waals surface area contributed by atoms with Gasteiger partial charge in [-0.15, -0.1) is 0 Å². The van der Waals surface area contributed by atoms with E-state index in [2.05, 4.69) is 49.8 Å². The van der Waals surface area contributed by atoms with Crippen LogP contribution in [0.4, 0.5) is 0 Å². The molecule has 0 aliphatic heterocycles. The molecule has 0 aliphatic rings. The van der Waals surface area contributed by atoms with Crippen molar-refractivity contribution >= 4 is 21.8 Å². The van der Waals surface area contributed by atoms with E-state index in [9.17, 15) is 0 Å². The van der Waals surface area contributed by atoms with Gasteiger partial charge in [-0.1, -0.05) is 12.1 Å². The number of nitrogens with zero attached hydrogens (tertiary/aromatic N) is 2. The van der Waals surface area contributed by atoms with E-state index in [0.717, 1.165) is 11.0 Å². The molecule has 0 fully saturated rings. The van der Waals surface area contributed by atoms with Gasteiger partial charge in [-0.05, 0) is 49.9 Å². The van der Waals surface area contributed by atoms with Gasteiger partial charge in [0.1, 0.15) is 0 Å². The van der Waals surface area contributed by atoms with Gasteiger partial charge in [-0.3, -0.25) is 9.97 Å². The van der Waals surface area contributed by atoms with Crippen LogP contribution in [-0.2, 0) is 19.8 Å². The van der Waals surface area contributed by atoms with E-state index < -0.39 is 0 Å². The first kappa shape index (κ1) is 27.4. The molecule has 2 aromatic heterocycles. The van der Waals surface area contributed by atoms with Crippen molar-refractivity contribution in [2.75, 3.05) is 0 Å². The van der Waals surface area contributed by atoms with E-state index in [1.54, 1.807) is 0 Å². The van der Waals surface area contributed by atoms with Crippen LogP contribution in [0, 0.1) is 27.7 Å². The molecule has 0 bridgehead atoms. The first-order chi connectivity index (χ1) is 8.59. The number of aryl methyl sites for hydroxylation is 4. The Kier molecular flexibility index (Phi) is 12.4. The molecule has 0 radical (unpaired) electrons. The smallest absolute Gasteiger partial charge is 1.00 e. The molecule has 0 amide bonds. The summed E-state index contributed by atoms with van der Waals surface area (Å²) in [6.45, 7) is 8.48. The predicted molar refractivity (Wildman–Crippen MR) is 81.3 cm³/mol. The van der Waals surface area contributed by atoms with E-state index in [-0.39, 0.29) is 63.2 Å². The summed E-state index contributed by atoms with van der Waals surface area (Å²) in [6, 6.07) is 4.34. The molecule has 126 valence electrons. The zero-order valence-electron chi connectivity index (χ0n) is 13.3. The number of aromatic nitrogens is 2. The maximum atomic E-state index is 4.58. The zero-order chi connectivity index (χ0) is 12.9. The second-order valence-corrected chi connectivity index (χ2v) is 4.99. The molecule has 2 heterocycles. The van der Waals surface area contributed by atoms with Gasteiger partial charge >= 0.3 is 19.8 Å². The quantitative estimate of drug-likeness (QED) is 0.267. The monoisotopic (exact) mass is 549 g/mol. The van der Waals surface area contributed by atoms with Crippen molar-refractivity contribution in [3.05, 3.63) is 52.9 Å². The summed E-state index contributed by atoms with van der Waals surface area (Å²) in [5.74, 6) is 0. The van der Waals surface area contributed by atoms with Crippen LogP contribution in [-0.4, -0.2) is 9.97 Å². The van der Waals surface area contributed by atoms with Crippen LogP contribution in [0.5, 0.6) is 0 Å². The maximum absolute atomic E-state index is 4.58. The zero-order valence-corrected chi connectivity index (χ0v) is 18.1. The minimum absolute atomic E-state index is 0. The number of rotatable bonds is 0. The average Bonchev–Trinajstić information content (AvgIpc) is 2.38. The average molecular weight is 549 g/mol.